The normalized spacial score (nSPS) is 10.2. The standard InChI is InChI=1S/C13H21N5O2/c1-3-10(4-2)17-18-12(19)9-15-13(20)16-11-6-5-7-14-8-11/h5-8,10,17H,3-4,9H2,1-2H3,(H,18,19)(H2,15,16,20). The van der Waals surface area contributed by atoms with E-state index < -0.39 is 6.03 Å². The number of amides is 3. The Bertz CT molecular complexity index is 420. The van der Waals surface area contributed by atoms with Crippen molar-refractivity contribution in [2.45, 2.75) is 32.7 Å². The third kappa shape index (κ3) is 6.14. The molecule has 4 N–H and O–H groups in total. The van der Waals surface area contributed by atoms with Crippen LogP contribution in [-0.4, -0.2) is 29.5 Å². The molecule has 20 heavy (non-hydrogen) atoms. The van der Waals surface area contributed by atoms with Crippen LogP contribution in [0.4, 0.5) is 10.5 Å². The van der Waals surface area contributed by atoms with E-state index in [0.29, 0.717) is 5.69 Å². The zero-order valence-electron chi connectivity index (χ0n) is 11.8. The molecule has 0 aliphatic rings. The zero-order valence-corrected chi connectivity index (χ0v) is 11.8. The highest BCUT2D eigenvalue weighted by Gasteiger charge is 2.07. The highest BCUT2D eigenvalue weighted by Crippen LogP contribution is 2.01. The van der Waals surface area contributed by atoms with Crippen molar-refractivity contribution in [3.63, 3.8) is 0 Å². The summed E-state index contributed by atoms with van der Waals surface area (Å²) in [6, 6.07) is 3.21. The number of hydrogen-bond donors (Lipinski definition) is 4. The number of nitrogens with zero attached hydrogens (tertiary/aromatic N) is 1. The number of hydrogen-bond acceptors (Lipinski definition) is 4. The molecule has 110 valence electrons. The Morgan fingerprint density at radius 3 is 2.65 bits per heavy atom. The lowest BCUT2D eigenvalue weighted by Crippen LogP contribution is -2.48. The van der Waals surface area contributed by atoms with Crippen molar-refractivity contribution in [1.29, 1.82) is 0 Å². The molecule has 0 aliphatic carbocycles. The van der Waals surface area contributed by atoms with Crippen molar-refractivity contribution in [2.24, 2.45) is 0 Å². The molecule has 0 spiro atoms. The summed E-state index contributed by atoms with van der Waals surface area (Å²) in [6.07, 6.45) is 4.98. The summed E-state index contributed by atoms with van der Waals surface area (Å²) in [6.45, 7) is 3.97. The fraction of sp³-hybridized carbons (Fsp3) is 0.462. The predicted octanol–water partition coefficient (Wildman–Crippen LogP) is 1.01. The number of aromatic nitrogens is 1. The summed E-state index contributed by atoms with van der Waals surface area (Å²) in [4.78, 5) is 26.9. The van der Waals surface area contributed by atoms with Crippen LogP contribution in [0.3, 0.4) is 0 Å². The first-order valence-corrected chi connectivity index (χ1v) is 6.65. The fourth-order valence-corrected chi connectivity index (χ4v) is 1.49. The summed E-state index contributed by atoms with van der Waals surface area (Å²) < 4.78 is 0. The number of carbonyl (C=O) groups excluding carboxylic acids is 2. The van der Waals surface area contributed by atoms with Crippen LogP contribution < -0.4 is 21.5 Å². The van der Waals surface area contributed by atoms with Gasteiger partial charge in [-0.1, -0.05) is 13.8 Å². The van der Waals surface area contributed by atoms with Gasteiger partial charge in [0.1, 0.15) is 0 Å². The number of anilines is 1. The summed E-state index contributed by atoms with van der Waals surface area (Å²) in [5, 5.41) is 5.03. The number of carbonyl (C=O) groups is 2. The quantitative estimate of drug-likeness (QED) is 0.560. The van der Waals surface area contributed by atoms with E-state index in [2.05, 4.69) is 26.5 Å². The average molecular weight is 279 g/mol. The minimum absolute atomic E-state index is 0.0980. The van der Waals surface area contributed by atoms with Gasteiger partial charge in [-0.15, -0.1) is 0 Å². The highest BCUT2D eigenvalue weighted by molar-refractivity contribution is 5.91. The molecule has 3 amide bonds. The van der Waals surface area contributed by atoms with Gasteiger partial charge in [0, 0.05) is 12.2 Å². The molecular formula is C13H21N5O2. The van der Waals surface area contributed by atoms with Gasteiger partial charge in [-0.25, -0.2) is 10.2 Å². The second kappa shape index (κ2) is 8.87. The Labute approximate surface area is 118 Å². The van der Waals surface area contributed by atoms with E-state index in [-0.39, 0.29) is 18.5 Å². The monoisotopic (exact) mass is 279 g/mol. The van der Waals surface area contributed by atoms with Crippen LogP contribution in [0, 0.1) is 0 Å². The minimum Gasteiger partial charge on any atom is -0.329 e. The van der Waals surface area contributed by atoms with Gasteiger partial charge in [0.05, 0.1) is 18.4 Å². The number of nitrogens with one attached hydrogen (secondary N) is 4. The van der Waals surface area contributed by atoms with Crippen LogP contribution in [0.5, 0.6) is 0 Å². The second-order valence-electron chi connectivity index (χ2n) is 4.26. The summed E-state index contributed by atoms with van der Waals surface area (Å²) in [5.41, 5.74) is 6.04. The van der Waals surface area contributed by atoms with E-state index in [9.17, 15) is 9.59 Å². The van der Waals surface area contributed by atoms with Gasteiger partial charge in [-0.2, -0.15) is 0 Å². The molecule has 1 rings (SSSR count). The lowest BCUT2D eigenvalue weighted by Gasteiger charge is -2.15. The molecule has 0 saturated heterocycles. The highest BCUT2D eigenvalue weighted by atomic mass is 16.2. The molecule has 0 saturated carbocycles. The van der Waals surface area contributed by atoms with E-state index in [1.807, 2.05) is 13.8 Å². The molecule has 0 atom stereocenters. The third-order valence-electron chi connectivity index (χ3n) is 2.73. The molecule has 7 heteroatoms. The zero-order chi connectivity index (χ0) is 14.8. The third-order valence-corrected chi connectivity index (χ3v) is 2.73. The van der Waals surface area contributed by atoms with E-state index in [4.69, 9.17) is 0 Å². The van der Waals surface area contributed by atoms with Gasteiger partial charge in [0.15, 0.2) is 0 Å². The first-order chi connectivity index (χ1) is 9.65. The molecule has 0 bridgehead atoms. The largest absolute Gasteiger partial charge is 0.329 e. The molecule has 1 heterocycles. The molecule has 1 aromatic heterocycles. The number of hydrazine groups is 1. The Balaban J connectivity index is 2.22. The summed E-state index contributed by atoms with van der Waals surface area (Å²) in [7, 11) is 0. The van der Waals surface area contributed by atoms with Crippen molar-refractivity contribution < 1.29 is 9.59 Å². The molecular weight excluding hydrogens is 258 g/mol. The maximum absolute atomic E-state index is 11.5. The van der Waals surface area contributed by atoms with Gasteiger partial charge in [0.25, 0.3) is 5.91 Å². The molecule has 1 aromatic rings. The lowest BCUT2D eigenvalue weighted by molar-refractivity contribution is -0.121. The Morgan fingerprint density at radius 2 is 2.05 bits per heavy atom. The SMILES string of the molecule is CCC(CC)NNC(=O)CNC(=O)Nc1cccnc1. The van der Waals surface area contributed by atoms with Crippen molar-refractivity contribution in [2.75, 3.05) is 11.9 Å². The molecule has 0 aliphatic heterocycles. The Morgan fingerprint density at radius 1 is 1.30 bits per heavy atom. The van der Waals surface area contributed by atoms with Gasteiger partial charge in [0.2, 0.25) is 0 Å². The number of pyridine rings is 1. The summed E-state index contributed by atoms with van der Waals surface area (Å²) >= 11 is 0. The van der Waals surface area contributed by atoms with Crippen molar-refractivity contribution >= 4 is 17.6 Å². The van der Waals surface area contributed by atoms with Crippen molar-refractivity contribution in [3.8, 4) is 0 Å². The molecule has 0 unspecified atom stereocenters. The number of urea groups is 1. The van der Waals surface area contributed by atoms with E-state index in [1.165, 1.54) is 6.20 Å². The maximum Gasteiger partial charge on any atom is 0.319 e. The van der Waals surface area contributed by atoms with Crippen LogP contribution in [-0.2, 0) is 4.79 Å². The Kier molecular flexibility index (Phi) is 7.05. The van der Waals surface area contributed by atoms with Gasteiger partial charge >= 0.3 is 6.03 Å². The van der Waals surface area contributed by atoms with Gasteiger partial charge < -0.3 is 10.6 Å². The van der Waals surface area contributed by atoms with Gasteiger partial charge in [-0.3, -0.25) is 15.2 Å². The average Bonchev–Trinajstić information content (AvgIpc) is 2.47. The van der Waals surface area contributed by atoms with Crippen LogP contribution in [0.25, 0.3) is 0 Å². The molecule has 7 nitrogen and oxygen atoms in total. The van der Waals surface area contributed by atoms with Crippen LogP contribution in [0.1, 0.15) is 26.7 Å². The second-order valence-corrected chi connectivity index (χ2v) is 4.26. The molecule has 0 aromatic carbocycles. The first kappa shape index (κ1) is 15.9. The van der Waals surface area contributed by atoms with Crippen LogP contribution in [0.2, 0.25) is 0 Å². The van der Waals surface area contributed by atoms with E-state index in [1.54, 1.807) is 18.3 Å². The van der Waals surface area contributed by atoms with Crippen molar-refractivity contribution in [1.82, 2.24) is 21.2 Å². The van der Waals surface area contributed by atoms with Crippen LogP contribution in [0.15, 0.2) is 24.5 Å². The van der Waals surface area contributed by atoms with Gasteiger partial charge in [-0.05, 0) is 25.0 Å². The smallest absolute Gasteiger partial charge is 0.319 e. The number of rotatable bonds is 7. The minimum atomic E-state index is -0.448. The molecule has 0 fully saturated rings. The van der Waals surface area contributed by atoms with E-state index in [0.717, 1.165) is 12.8 Å². The Hall–Kier alpha value is -2.15. The first-order valence-electron chi connectivity index (χ1n) is 6.65. The van der Waals surface area contributed by atoms with E-state index >= 15 is 0 Å². The maximum atomic E-state index is 11.5. The topological polar surface area (TPSA) is 95.1 Å². The fourth-order valence-electron chi connectivity index (χ4n) is 1.49. The summed E-state index contributed by atoms with van der Waals surface area (Å²) in [5.74, 6) is -0.293. The molecule has 0 radical (unpaired) electrons. The predicted molar refractivity (Wildman–Crippen MR) is 76.9 cm³/mol. The van der Waals surface area contributed by atoms with Crippen LogP contribution >= 0.6 is 0 Å². The van der Waals surface area contributed by atoms with Crippen molar-refractivity contribution in [3.05, 3.63) is 24.5 Å². The lowest BCUT2D eigenvalue weighted by atomic mass is 10.2.